The monoisotopic (exact) mass is 437 g/mol. The highest BCUT2D eigenvalue weighted by Crippen LogP contribution is 2.31. The molecule has 3 rings (SSSR count). The fourth-order valence-corrected chi connectivity index (χ4v) is 2.80. The molecular weight excluding hydrogens is 423 g/mol. The first-order valence-corrected chi connectivity index (χ1v) is 8.91. The highest BCUT2D eigenvalue weighted by atomic mass is 35.5. The lowest BCUT2D eigenvalue weighted by molar-refractivity contribution is -0.140. The number of pyridine rings is 1. The van der Waals surface area contributed by atoms with Crippen LogP contribution in [0.2, 0.25) is 5.02 Å². The molecule has 0 bridgehead atoms. The van der Waals surface area contributed by atoms with Gasteiger partial charge in [-0.05, 0) is 19.9 Å². The molecule has 0 atom stereocenters. The van der Waals surface area contributed by atoms with Crippen molar-refractivity contribution in [3.05, 3.63) is 35.2 Å². The molecule has 0 unspecified atom stereocenters. The Morgan fingerprint density at radius 3 is 2.70 bits per heavy atom. The number of carbonyl (C=O) groups is 1. The van der Waals surface area contributed by atoms with Crippen LogP contribution in [0.15, 0.2) is 24.7 Å². The van der Waals surface area contributed by atoms with Crippen LogP contribution < -0.4 is 10.6 Å². The van der Waals surface area contributed by atoms with Crippen LogP contribution in [0.25, 0.3) is 22.3 Å². The first-order chi connectivity index (χ1) is 14.0. The summed E-state index contributed by atoms with van der Waals surface area (Å²) >= 11 is 6.01. The summed E-state index contributed by atoms with van der Waals surface area (Å²) in [6.07, 6.45) is -0.216. The number of amides is 1. The zero-order valence-corrected chi connectivity index (χ0v) is 16.5. The number of rotatable bonds is 5. The smallest absolute Gasteiger partial charge is 0.345 e. The van der Waals surface area contributed by atoms with Gasteiger partial charge in [0, 0.05) is 23.3 Å². The quantitative estimate of drug-likeness (QED) is 0.562. The molecule has 30 heavy (non-hydrogen) atoms. The van der Waals surface area contributed by atoms with Crippen LogP contribution in [0.1, 0.15) is 19.4 Å². The Labute approximate surface area is 173 Å². The van der Waals surface area contributed by atoms with E-state index in [1.165, 1.54) is 26.2 Å². The van der Waals surface area contributed by atoms with Crippen LogP contribution >= 0.6 is 11.6 Å². The third kappa shape index (κ3) is 4.60. The molecule has 3 aromatic heterocycles. The zero-order valence-electron chi connectivity index (χ0n) is 15.7. The van der Waals surface area contributed by atoms with Gasteiger partial charge in [-0.2, -0.15) is 18.4 Å². The van der Waals surface area contributed by atoms with Gasteiger partial charge in [-0.3, -0.25) is 4.79 Å². The summed E-state index contributed by atoms with van der Waals surface area (Å²) in [5.74, 6) is -0.932. The molecule has 3 N–H and O–H groups in total. The predicted molar refractivity (Wildman–Crippen MR) is 104 cm³/mol. The Morgan fingerprint density at radius 1 is 1.30 bits per heavy atom. The predicted octanol–water partition coefficient (Wildman–Crippen LogP) is 3.41. The fourth-order valence-electron chi connectivity index (χ4n) is 2.64. The van der Waals surface area contributed by atoms with Crippen molar-refractivity contribution in [1.82, 2.24) is 25.3 Å². The number of nitrogens with one attached hydrogen (secondary N) is 3. The van der Waals surface area contributed by atoms with Crippen molar-refractivity contribution < 1.29 is 18.0 Å². The number of aromatic nitrogens is 4. The van der Waals surface area contributed by atoms with Gasteiger partial charge in [0.1, 0.15) is 23.8 Å². The van der Waals surface area contributed by atoms with Crippen LogP contribution in [-0.4, -0.2) is 44.1 Å². The summed E-state index contributed by atoms with van der Waals surface area (Å²) < 4.78 is 37.1. The highest BCUT2D eigenvalue weighted by molar-refractivity contribution is 6.31. The lowest BCUT2D eigenvalue weighted by atomic mass is 10.0. The van der Waals surface area contributed by atoms with E-state index in [1.807, 2.05) is 11.4 Å². The molecule has 156 valence electrons. The minimum absolute atomic E-state index is 0.0412. The maximum atomic E-state index is 12.4. The summed E-state index contributed by atoms with van der Waals surface area (Å²) in [5, 5.41) is 15.0. The molecule has 0 saturated carbocycles. The molecule has 0 radical (unpaired) electrons. The third-order valence-corrected chi connectivity index (χ3v) is 4.31. The second kappa shape index (κ2) is 7.79. The average molecular weight is 438 g/mol. The van der Waals surface area contributed by atoms with E-state index in [9.17, 15) is 23.2 Å². The van der Waals surface area contributed by atoms with E-state index in [0.29, 0.717) is 21.6 Å². The number of carbonyl (C=O) groups excluding carboxylic acids is 1. The Kier molecular flexibility index (Phi) is 5.54. The normalized spacial score (nSPS) is 11.9. The molecule has 3 heterocycles. The summed E-state index contributed by atoms with van der Waals surface area (Å²) in [6, 6.07) is 3.64. The lowest BCUT2D eigenvalue weighted by Crippen LogP contribution is -2.50. The van der Waals surface area contributed by atoms with Crippen LogP contribution in [0.4, 0.5) is 19.1 Å². The van der Waals surface area contributed by atoms with Crippen LogP contribution in [0, 0.1) is 11.3 Å². The molecule has 0 aliphatic carbocycles. The number of fused-ring (bicyclic) bond motifs is 1. The third-order valence-electron chi connectivity index (χ3n) is 4.10. The van der Waals surface area contributed by atoms with Crippen molar-refractivity contribution >= 4 is 34.5 Å². The van der Waals surface area contributed by atoms with Crippen LogP contribution in [0.3, 0.4) is 0 Å². The number of halogens is 4. The summed E-state index contributed by atoms with van der Waals surface area (Å²) in [5.41, 5.74) is -0.000877. The molecule has 8 nitrogen and oxygen atoms in total. The van der Waals surface area contributed by atoms with Gasteiger partial charge in [0.2, 0.25) is 11.9 Å². The van der Waals surface area contributed by atoms with E-state index in [-0.39, 0.29) is 17.2 Å². The van der Waals surface area contributed by atoms with Gasteiger partial charge in [0.05, 0.1) is 22.5 Å². The van der Waals surface area contributed by atoms with Gasteiger partial charge in [0.25, 0.3) is 0 Å². The molecule has 0 aliphatic rings. The molecule has 0 aromatic carbocycles. The molecule has 12 heteroatoms. The largest absolute Gasteiger partial charge is 0.405 e. The number of nitriles is 1. The van der Waals surface area contributed by atoms with Gasteiger partial charge in [-0.25, -0.2) is 15.0 Å². The van der Waals surface area contributed by atoms with Gasteiger partial charge in [-0.15, -0.1) is 0 Å². The van der Waals surface area contributed by atoms with Crippen LogP contribution in [-0.2, 0) is 4.79 Å². The molecule has 1 amide bonds. The van der Waals surface area contributed by atoms with Crippen molar-refractivity contribution in [2.24, 2.45) is 0 Å². The van der Waals surface area contributed by atoms with E-state index >= 15 is 0 Å². The fraction of sp³-hybridized carbons (Fsp3) is 0.278. The number of alkyl halides is 3. The van der Waals surface area contributed by atoms with Crippen LogP contribution in [0.5, 0.6) is 0 Å². The highest BCUT2D eigenvalue weighted by Gasteiger charge is 2.33. The Morgan fingerprint density at radius 2 is 2.03 bits per heavy atom. The second-order valence-electron chi connectivity index (χ2n) is 6.87. The number of nitrogens with zero attached hydrogens (tertiary/aromatic N) is 4. The molecule has 3 aromatic rings. The summed E-state index contributed by atoms with van der Waals surface area (Å²) in [7, 11) is 0. The molecule has 0 saturated heterocycles. The Bertz CT molecular complexity index is 1150. The molecule has 0 aliphatic heterocycles. The van der Waals surface area contributed by atoms with E-state index in [4.69, 9.17) is 11.6 Å². The maximum Gasteiger partial charge on any atom is 0.405 e. The molecule has 0 spiro atoms. The number of anilines is 1. The minimum atomic E-state index is -4.53. The van der Waals surface area contributed by atoms with E-state index < -0.39 is 24.2 Å². The summed E-state index contributed by atoms with van der Waals surface area (Å²) in [4.78, 5) is 27.6. The van der Waals surface area contributed by atoms with Crippen molar-refractivity contribution in [3.8, 4) is 17.3 Å². The van der Waals surface area contributed by atoms with Crippen molar-refractivity contribution in [2.75, 3.05) is 11.9 Å². The average Bonchev–Trinajstić information content (AvgIpc) is 3.07. The first-order valence-electron chi connectivity index (χ1n) is 8.53. The first kappa shape index (κ1) is 21.3. The molecular formula is C18H15ClF3N7O. The van der Waals surface area contributed by atoms with Gasteiger partial charge < -0.3 is 15.6 Å². The second-order valence-corrected chi connectivity index (χ2v) is 7.30. The lowest BCUT2D eigenvalue weighted by Gasteiger charge is -2.25. The Hall–Kier alpha value is -3.39. The van der Waals surface area contributed by atoms with Gasteiger partial charge >= 0.3 is 6.18 Å². The minimum Gasteiger partial charge on any atom is -0.345 e. The zero-order chi connectivity index (χ0) is 22.1. The van der Waals surface area contributed by atoms with Crippen molar-refractivity contribution in [3.63, 3.8) is 0 Å². The van der Waals surface area contributed by atoms with Gasteiger partial charge in [-0.1, -0.05) is 11.6 Å². The standard InChI is InChI=1S/C18H15ClF3N7O/c1-17(2,15(30)27-8-18(20,21)22)29-16-26-5-9(4-23)13(28-16)12-7-25-14-11(12)3-10(19)6-24-14/h3,5-7H,8H2,1-2H3,(H,24,25)(H,27,30)(H,26,28,29). The maximum absolute atomic E-state index is 12.4. The topological polar surface area (TPSA) is 119 Å². The molecule has 0 fully saturated rings. The van der Waals surface area contributed by atoms with E-state index in [0.717, 1.165) is 0 Å². The van der Waals surface area contributed by atoms with Crippen molar-refractivity contribution in [2.45, 2.75) is 25.6 Å². The summed E-state index contributed by atoms with van der Waals surface area (Å²) in [6.45, 7) is 1.31. The van der Waals surface area contributed by atoms with Gasteiger partial charge in [0.15, 0.2) is 0 Å². The van der Waals surface area contributed by atoms with Crippen molar-refractivity contribution in [1.29, 1.82) is 5.26 Å². The number of H-pyrrole nitrogens is 1. The SMILES string of the molecule is CC(C)(Nc1ncc(C#N)c(-c2c[nH]c3ncc(Cl)cc23)n1)C(=O)NCC(F)(F)F. The van der Waals surface area contributed by atoms with E-state index in [2.05, 4.69) is 25.3 Å². The number of hydrogen-bond acceptors (Lipinski definition) is 6. The number of aromatic amines is 1. The van der Waals surface area contributed by atoms with E-state index in [1.54, 1.807) is 12.3 Å². The Balaban J connectivity index is 1.94. The number of hydrogen-bond donors (Lipinski definition) is 3.